The third-order valence-corrected chi connectivity index (χ3v) is 14.0. The topological polar surface area (TPSA) is 13.1 Å². The Morgan fingerprint density at radius 3 is 1.47 bits per heavy atom. The maximum Gasteiger partial charge on any atom is 0.0547 e. The lowest BCUT2D eigenvalue weighted by atomic mass is 10.0. The summed E-state index contributed by atoms with van der Waals surface area (Å²) in [5.74, 6) is 0. The third kappa shape index (κ3) is 5.88. The summed E-state index contributed by atoms with van der Waals surface area (Å²) in [6.45, 7) is 0. The van der Waals surface area contributed by atoms with Crippen molar-refractivity contribution in [2.75, 3.05) is 4.90 Å². The van der Waals surface area contributed by atoms with Crippen LogP contribution in [0.25, 0.3) is 97.4 Å². The molecule has 0 amide bonds. The Morgan fingerprint density at radius 1 is 0.266 bits per heavy atom. The Hall–Kier alpha value is -8.18. The fourth-order valence-corrected chi connectivity index (χ4v) is 11.0. The van der Waals surface area contributed by atoms with Crippen LogP contribution >= 0.6 is 11.3 Å². The Bertz CT molecular complexity index is 3840. The minimum atomic E-state index is 1.07. The molecule has 13 rings (SSSR count). The summed E-state index contributed by atoms with van der Waals surface area (Å²) in [6, 6.07) is 86.7. The smallest absolute Gasteiger partial charge is 0.0547 e. The summed E-state index contributed by atoms with van der Waals surface area (Å²) in [5.41, 5.74) is 14.9. The second-order valence-electron chi connectivity index (χ2n) is 16.6. The normalized spacial score (nSPS) is 11.8. The van der Waals surface area contributed by atoms with Crippen molar-refractivity contribution in [3.63, 3.8) is 0 Å². The van der Waals surface area contributed by atoms with Crippen LogP contribution in [-0.2, 0) is 0 Å². The molecule has 3 aromatic heterocycles. The average molecular weight is 834 g/mol. The van der Waals surface area contributed by atoms with Gasteiger partial charge in [-0.1, -0.05) is 146 Å². The summed E-state index contributed by atoms with van der Waals surface area (Å²) in [7, 11) is 0. The van der Waals surface area contributed by atoms with Gasteiger partial charge in [0.25, 0.3) is 0 Å². The number of benzene rings is 10. The number of fused-ring (bicyclic) bond motifs is 9. The third-order valence-electron chi connectivity index (χ3n) is 12.9. The lowest BCUT2D eigenvalue weighted by Crippen LogP contribution is -2.11. The van der Waals surface area contributed by atoms with Gasteiger partial charge in [-0.05, 0) is 113 Å². The van der Waals surface area contributed by atoms with E-state index in [1.165, 1.54) is 74.9 Å². The zero-order chi connectivity index (χ0) is 42.1. The molecule has 3 nitrogen and oxygen atoms in total. The molecule has 0 aliphatic rings. The van der Waals surface area contributed by atoms with Gasteiger partial charge in [-0.2, -0.15) is 0 Å². The van der Waals surface area contributed by atoms with Crippen LogP contribution in [0.3, 0.4) is 0 Å². The molecular weight excluding hydrogens is 795 g/mol. The Kier molecular flexibility index (Phi) is 8.40. The number of nitrogens with zero attached hydrogens (tertiary/aromatic N) is 3. The van der Waals surface area contributed by atoms with Gasteiger partial charge in [-0.3, -0.25) is 0 Å². The molecule has 64 heavy (non-hydrogen) atoms. The van der Waals surface area contributed by atoms with Crippen molar-refractivity contribution in [3.8, 4) is 33.6 Å². The Labute approximate surface area is 374 Å². The quantitative estimate of drug-likeness (QED) is 0.156. The molecule has 0 N–H and O–H groups in total. The monoisotopic (exact) mass is 833 g/mol. The molecular formula is C60H39N3S. The van der Waals surface area contributed by atoms with Crippen molar-refractivity contribution in [2.45, 2.75) is 0 Å². The van der Waals surface area contributed by atoms with Gasteiger partial charge in [-0.25, -0.2) is 0 Å². The van der Waals surface area contributed by atoms with Crippen LogP contribution in [0, 0.1) is 0 Å². The molecule has 300 valence electrons. The first-order chi connectivity index (χ1) is 31.7. The fourth-order valence-electron chi connectivity index (χ4n) is 9.96. The molecule has 13 aromatic rings. The summed E-state index contributed by atoms with van der Waals surface area (Å²) in [5, 5.41) is 7.50. The maximum atomic E-state index is 2.45. The summed E-state index contributed by atoms with van der Waals surface area (Å²) < 4.78 is 7.44. The fraction of sp³-hybridized carbons (Fsp3) is 0. The van der Waals surface area contributed by atoms with E-state index in [0.717, 1.165) is 39.6 Å². The van der Waals surface area contributed by atoms with Crippen molar-refractivity contribution in [3.05, 3.63) is 237 Å². The van der Waals surface area contributed by atoms with Gasteiger partial charge in [0.15, 0.2) is 0 Å². The summed E-state index contributed by atoms with van der Waals surface area (Å²) in [6.07, 6.45) is 0. The number of aromatic nitrogens is 2. The molecule has 3 heterocycles. The van der Waals surface area contributed by atoms with Gasteiger partial charge in [-0.15, -0.1) is 11.3 Å². The van der Waals surface area contributed by atoms with E-state index in [-0.39, 0.29) is 0 Å². The SMILES string of the molecule is c1ccc(-c2ccc(N(c3cc(-c4ccc5c6ccccc6n(-c6ccccc6)c5c4)cc(-n4c5ccccc5c5ccccc54)c3)c3ccc4sc5ccccc5c4c3)cc2)cc1. The molecule has 0 saturated carbocycles. The van der Waals surface area contributed by atoms with Crippen LogP contribution < -0.4 is 4.90 Å². The number of para-hydroxylation sites is 4. The van der Waals surface area contributed by atoms with Crippen molar-refractivity contribution < 1.29 is 0 Å². The van der Waals surface area contributed by atoms with Gasteiger partial charge < -0.3 is 14.0 Å². The first-order valence-corrected chi connectivity index (χ1v) is 22.6. The van der Waals surface area contributed by atoms with E-state index in [2.05, 4.69) is 251 Å². The van der Waals surface area contributed by atoms with Crippen LogP contribution in [0.1, 0.15) is 0 Å². The van der Waals surface area contributed by atoms with E-state index in [4.69, 9.17) is 0 Å². The average Bonchev–Trinajstić information content (AvgIpc) is 4.02. The highest BCUT2D eigenvalue weighted by molar-refractivity contribution is 7.25. The van der Waals surface area contributed by atoms with Crippen molar-refractivity contribution in [2.24, 2.45) is 0 Å². The largest absolute Gasteiger partial charge is 0.310 e. The van der Waals surface area contributed by atoms with E-state index in [1.807, 2.05) is 11.3 Å². The van der Waals surface area contributed by atoms with E-state index in [0.29, 0.717) is 0 Å². The lowest BCUT2D eigenvalue weighted by molar-refractivity contribution is 1.17. The highest BCUT2D eigenvalue weighted by Crippen LogP contribution is 2.44. The molecule has 0 aliphatic carbocycles. The second-order valence-corrected chi connectivity index (χ2v) is 17.6. The minimum Gasteiger partial charge on any atom is -0.310 e. The highest BCUT2D eigenvalue weighted by Gasteiger charge is 2.21. The van der Waals surface area contributed by atoms with Crippen LogP contribution in [0.4, 0.5) is 17.1 Å². The van der Waals surface area contributed by atoms with Crippen LogP contribution in [0.2, 0.25) is 0 Å². The molecule has 0 saturated heterocycles. The van der Waals surface area contributed by atoms with Crippen LogP contribution in [0.5, 0.6) is 0 Å². The van der Waals surface area contributed by atoms with Gasteiger partial charge in [0, 0.05) is 70.2 Å². The second kappa shape index (κ2) is 14.7. The summed E-state index contributed by atoms with van der Waals surface area (Å²) in [4.78, 5) is 2.45. The molecule has 0 bridgehead atoms. The van der Waals surface area contributed by atoms with Gasteiger partial charge in [0.05, 0.1) is 22.1 Å². The van der Waals surface area contributed by atoms with E-state index < -0.39 is 0 Å². The molecule has 0 spiro atoms. The van der Waals surface area contributed by atoms with Gasteiger partial charge in [0.1, 0.15) is 0 Å². The predicted molar refractivity (Wildman–Crippen MR) is 274 cm³/mol. The molecule has 0 atom stereocenters. The maximum absolute atomic E-state index is 2.45. The molecule has 0 unspecified atom stereocenters. The van der Waals surface area contributed by atoms with Crippen molar-refractivity contribution >= 4 is 92.2 Å². The molecule has 4 heteroatoms. The number of hydrogen-bond acceptors (Lipinski definition) is 2. The molecule has 0 radical (unpaired) electrons. The first kappa shape index (κ1) is 36.5. The Balaban J connectivity index is 1.09. The minimum absolute atomic E-state index is 1.07. The number of rotatable bonds is 7. The zero-order valence-electron chi connectivity index (χ0n) is 34.8. The molecule has 10 aromatic carbocycles. The highest BCUT2D eigenvalue weighted by atomic mass is 32.1. The lowest BCUT2D eigenvalue weighted by Gasteiger charge is -2.27. The standard InChI is InChI=1S/C60H39N3S/c1-3-15-40(16-4-1)41-27-30-45(31-28-41)61(46-32-34-60-54(39-46)53-22-10-14-26-59(53)64-60)47-35-43(36-48(38-47)63-56-24-12-7-19-49(56)50-20-8-13-25-57(50)63)42-29-33-52-51-21-9-11-23-55(51)62(58(52)37-42)44-17-5-2-6-18-44/h1-39H. The van der Waals surface area contributed by atoms with E-state index >= 15 is 0 Å². The van der Waals surface area contributed by atoms with Gasteiger partial charge in [0.2, 0.25) is 0 Å². The number of anilines is 3. The molecule has 0 fully saturated rings. The molecule has 0 aliphatic heterocycles. The van der Waals surface area contributed by atoms with Crippen molar-refractivity contribution in [1.29, 1.82) is 0 Å². The van der Waals surface area contributed by atoms with E-state index in [1.54, 1.807) is 0 Å². The summed E-state index contributed by atoms with van der Waals surface area (Å²) >= 11 is 1.85. The van der Waals surface area contributed by atoms with Crippen molar-refractivity contribution in [1.82, 2.24) is 9.13 Å². The first-order valence-electron chi connectivity index (χ1n) is 21.8. The Morgan fingerprint density at radius 2 is 0.781 bits per heavy atom. The van der Waals surface area contributed by atoms with E-state index in [9.17, 15) is 0 Å². The van der Waals surface area contributed by atoms with Gasteiger partial charge >= 0.3 is 0 Å². The zero-order valence-corrected chi connectivity index (χ0v) is 35.6. The van der Waals surface area contributed by atoms with Crippen LogP contribution in [0.15, 0.2) is 237 Å². The number of hydrogen-bond donors (Lipinski definition) is 0. The van der Waals surface area contributed by atoms with Crippen LogP contribution in [-0.4, -0.2) is 9.13 Å². The predicted octanol–water partition coefficient (Wildman–Crippen LogP) is 17.1. The number of thiophene rings is 1.